The number of amides is 1. The van der Waals surface area contributed by atoms with E-state index in [1.165, 1.54) is 16.2 Å². The summed E-state index contributed by atoms with van der Waals surface area (Å²) in [6.07, 6.45) is 2.69. The molecular formula is C18H20Cl2N4OS. The molecule has 0 unspecified atom stereocenters. The van der Waals surface area contributed by atoms with E-state index in [4.69, 9.17) is 5.73 Å². The normalized spacial score (nSPS) is 15.5. The number of nitrogens with zero attached hydrogens (tertiary/aromatic N) is 2. The molecule has 1 aliphatic rings. The van der Waals surface area contributed by atoms with Gasteiger partial charge in [-0.05, 0) is 38.3 Å². The zero-order valence-electron chi connectivity index (χ0n) is 14.2. The molecule has 2 heterocycles. The largest absolute Gasteiger partial charge is 0.327 e. The first-order valence-corrected chi connectivity index (χ1v) is 8.83. The van der Waals surface area contributed by atoms with Gasteiger partial charge in [-0.15, -0.1) is 36.2 Å². The van der Waals surface area contributed by atoms with Crippen LogP contribution < -0.4 is 11.1 Å². The zero-order chi connectivity index (χ0) is 16.7. The molecule has 0 fully saturated rings. The molecule has 0 aliphatic heterocycles. The topological polar surface area (TPSA) is 80.9 Å². The van der Waals surface area contributed by atoms with Crippen LogP contribution in [-0.2, 0) is 12.8 Å². The van der Waals surface area contributed by atoms with Crippen molar-refractivity contribution < 1.29 is 4.79 Å². The lowest BCUT2D eigenvalue weighted by molar-refractivity contribution is 0.102. The van der Waals surface area contributed by atoms with Crippen molar-refractivity contribution in [3.8, 4) is 0 Å². The highest BCUT2D eigenvalue weighted by Crippen LogP contribution is 2.30. The van der Waals surface area contributed by atoms with Gasteiger partial charge in [0.15, 0.2) is 5.13 Å². The van der Waals surface area contributed by atoms with E-state index >= 15 is 0 Å². The number of anilines is 1. The SMILES string of the molecule is Cc1cc(C(=O)Nc2nc3c(s2)C[C@@H](N)CC3)c2ccccc2n1.Cl.Cl. The van der Waals surface area contributed by atoms with Crippen LogP contribution in [0.4, 0.5) is 5.13 Å². The molecule has 1 aromatic carbocycles. The predicted molar refractivity (Wildman–Crippen MR) is 111 cm³/mol. The summed E-state index contributed by atoms with van der Waals surface area (Å²) in [5.41, 5.74) is 9.37. The fraction of sp³-hybridized carbons (Fsp3) is 0.278. The van der Waals surface area contributed by atoms with Gasteiger partial charge in [0.05, 0.1) is 16.8 Å². The second kappa shape index (κ2) is 8.31. The third kappa shape index (κ3) is 3.99. The lowest BCUT2D eigenvalue weighted by Crippen LogP contribution is -2.27. The number of benzene rings is 1. The summed E-state index contributed by atoms with van der Waals surface area (Å²) in [5.74, 6) is -0.146. The van der Waals surface area contributed by atoms with Gasteiger partial charge in [-0.3, -0.25) is 15.1 Å². The minimum atomic E-state index is -0.146. The molecule has 26 heavy (non-hydrogen) atoms. The number of para-hydroxylation sites is 1. The average molecular weight is 411 g/mol. The summed E-state index contributed by atoms with van der Waals surface area (Å²) in [4.78, 5) is 23.0. The van der Waals surface area contributed by atoms with Crippen LogP contribution in [0, 0.1) is 6.92 Å². The van der Waals surface area contributed by atoms with Gasteiger partial charge < -0.3 is 5.73 Å². The van der Waals surface area contributed by atoms with E-state index in [9.17, 15) is 4.79 Å². The Labute approximate surface area is 168 Å². The Morgan fingerprint density at radius 3 is 2.85 bits per heavy atom. The summed E-state index contributed by atoms with van der Waals surface area (Å²) in [6, 6.07) is 9.70. The van der Waals surface area contributed by atoms with Gasteiger partial charge in [0.25, 0.3) is 5.91 Å². The molecule has 2 aromatic heterocycles. The Balaban J connectivity index is 0.00000121. The number of halogens is 2. The van der Waals surface area contributed by atoms with E-state index in [0.717, 1.165) is 41.6 Å². The number of nitrogens with two attached hydrogens (primary N) is 1. The van der Waals surface area contributed by atoms with Crippen LogP contribution >= 0.6 is 36.2 Å². The summed E-state index contributed by atoms with van der Waals surface area (Å²) in [5, 5.41) is 4.45. The molecule has 4 rings (SSSR count). The van der Waals surface area contributed by atoms with E-state index in [-0.39, 0.29) is 36.8 Å². The maximum atomic E-state index is 12.8. The van der Waals surface area contributed by atoms with Crippen LogP contribution in [0.1, 0.15) is 33.0 Å². The van der Waals surface area contributed by atoms with E-state index < -0.39 is 0 Å². The number of hydrogen-bond acceptors (Lipinski definition) is 5. The molecule has 1 atom stereocenters. The molecule has 0 bridgehead atoms. The predicted octanol–water partition coefficient (Wildman–Crippen LogP) is 3.91. The first-order valence-electron chi connectivity index (χ1n) is 8.02. The lowest BCUT2D eigenvalue weighted by atomic mass is 9.99. The number of carbonyl (C=O) groups excluding carboxylic acids is 1. The highest BCUT2D eigenvalue weighted by atomic mass is 35.5. The van der Waals surface area contributed by atoms with Gasteiger partial charge >= 0.3 is 0 Å². The Morgan fingerprint density at radius 2 is 2.04 bits per heavy atom. The molecule has 8 heteroatoms. The molecule has 5 nitrogen and oxygen atoms in total. The third-order valence-corrected chi connectivity index (χ3v) is 5.32. The second-order valence-electron chi connectivity index (χ2n) is 6.17. The monoisotopic (exact) mass is 410 g/mol. The van der Waals surface area contributed by atoms with Crippen LogP contribution in [0.3, 0.4) is 0 Å². The molecule has 0 spiro atoms. The number of thiazole rings is 1. The quantitative estimate of drug-likeness (QED) is 0.670. The number of rotatable bonds is 2. The number of nitrogens with one attached hydrogen (secondary N) is 1. The van der Waals surface area contributed by atoms with Crippen molar-refractivity contribution in [2.45, 2.75) is 32.2 Å². The number of fused-ring (bicyclic) bond motifs is 2. The van der Waals surface area contributed by atoms with Gasteiger partial charge in [0.2, 0.25) is 0 Å². The van der Waals surface area contributed by atoms with Crippen LogP contribution in [0.2, 0.25) is 0 Å². The van der Waals surface area contributed by atoms with Crippen molar-refractivity contribution in [1.29, 1.82) is 0 Å². The van der Waals surface area contributed by atoms with E-state index in [1.807, 2.05) is 37.3 Å². The van der Waals surface area contributed by atoms with Crippen LogP contribution in [-0.4, -0.2) is 21.9 Å². The molecule has 3 N–H and O–H groups in total. The third-order valence-electron chi connectivity index (χ3n) is 4.29. The Hall–Kier alpha value is -1.73. The number of carbonyl (C=O) groups is 1. The van der Waals surface area contributed by atoms with Gasteiger partial charge in [0, 0.05) is 22.0 Å². The van der Waals surface area contributed by atoms with Crippen molar-refractivity contribution >= 4 is 58.1 Å². The van der Waals surface area contributed by atoms with E-state index in [2.05, 4.69) is 15.3 Å². The summed E-state index contributed by atoms with van der Waals surface area (Å²) >= 11 is 1.53. The van der Waals surface area contributed by atoms with Crippen molar-refractivity contribution in [1.82, 2.24) is 9.97 Å². The van der Waals surface area contributed by atoms with Gasteiger partial charge in [-0.1, -0.05) is 18.2 Å². The maximum absolute atomic E-state index is 12.8. The minimum Gasteiger partial charge on any atom is -0.327 e. The highest BCUT2D eigenvalue weighted by Gasteiger charge is 2.21. The second-order valence-corrected chi connectivity index (χ2v) is 7.26. The van der Waals surface area contributed by atoms with E-state index in [1.54, 1.807) is 0 Å². The van der Waals surface area contributed by atoms with Gasteiger partial charge in [-0.2, -0.15) is 0 Å². The van der Waals surface area contributed by atoms with Gasteiger partial charge in [0.1, 0.15) is 0 Å². The smallest absolute Gasteiger partial charge is 0.258 e. The van der Waals surface area contributed by atoms with Gasteiger partial charge in [-0.25, -0.2) is 4.98 Å². The number of aryl methyl sites for hydroxylation is 2. The lowest BCUT2D eigenvalue weighted by Gasteiger charge is -2.15. The summed E-state index contributed by atoms with van der Waals surface area (Å²) in [7, 11) is 0. The molecule has 0 saturated heterocycles. The first kappa shape index (κ1) is 20.6. The maximum Gasteiger partial charge on any atom is 0.258 e. The van der Waals surface area contributed by atoms with Crippen molar-refractivity contribution in [3.05, 3.63) is 52.2 Å². The Bertz CT molecular complexity index is 944. The molecule has 1 amide bonds. The number of hydrogen-bond donors (Lipinski definition) is 2. The fourth-order valence-corrected chi connectivity index (χ4v) is 4.21. The molecule has 138 valence electrons. The number of pyridine rings is 1. The van der Waals surface area contributed by atoms with Crippen molar-refractivity contribution in [2.75, 3.05) is 5.32 Å². The molecular weight excluding hydrogens is 391 g/mol. The summed E-state index contributed by atoms with van der Waals surface area (Å²) in [6.45, 7) is 1.90. The molecule has 0 radical (unpaired) electrons. The molecule has 1 aliphatic carbocycles. The van der Waals surface area contributed by atoms with Crippen molar-refractivity contribution in [3.63, 3.8) is 0 Å². The van der Waals surface area contributed by atoms with Crippen LogP contribution in [0.15, 0.2) is 30.3 Å². The van der Waals surface area contributed by atoms with E-state index in [0.29, 0.717) is 10.7 Å². The standard InChI is InChI=1S/C18H18N4OS.2ClH/c1-10-8-13(12-4-2-3-5-14(12)20-10)17(23)22-18-21-15-7-6-11(19)9-16(15)24-18;;/h2-5,8,11H,6-7,9,19H2,1H3,(H,21,22,23);2*1H/t11-;;/m0../s1. The average Bonchev–Trinajstić information content (AvgIpc) is 2.95. The Morgan fingerprint density at radius 1 is 1.27 bits per heavy atom. The fourth-order valence-electron chi connectivity index (χ4n) is 3.11. The Kier molecular flexibility index (Phi) is 6.58. The molecule has 3 aromatic rings. The summed E-state index contributed by atoms with van der Waals surface area (Å²) < 4.78 is 0. The van der Waals surface area contributed by atoms with Crippen LogP contribution in [0.25, 0.3) is 10.9 Å². The minimum absolute atomic E-state index is 0. The first-order chi connectivity index (χ1) is 11.6. The van der Waals surface area contributed by atoms with Crippen molar-refractivity contribution in [2.24, 2.45) is 5.73 Å². The highest BCUT2D eigenvalue weighted by molar-refractivity contribution is 7.15. The van der Waals surface area contributed by atoms with Crippen LogP contribution in [0.5, 0.6) is 0 Å². The zero-order valence-corrected chi connectivity index (χ0v) is 16.6. The molecule has 0 saturated carbocycles. The number of aromatic nitrogens is 2.